The summed E-state index contributed by atoms with van der Waals surface area (Å²) in [7, 11) is -0.643. The van der Waals surface area contributed by atoms with E-state index in [0.29, 0.717) is 5.47 Å². The van der Waals surface area contributed by atoms with Crippen LogP contribution in [0.3, 0.4) is 0 Å². The molecule has 9 heteroatoms. The van der Waals surface area contributed by atoms with E-state index in [4.69, 9.17) is 20.1 Å². The van der Waals surface area contributed by atoms with Crippen LogP contribution in [0.25, 0.3) is 0 Å². The molecule has 5 nitrogen and oxygen atoms in total. The predicted molar refractivity (Wildman–Crippen MR) is 77.9 cm³/mol. The molecule has 1 aliphatic rings. The fourth-order valence-electron chi connectivity index (χ4n) is 1.80. The van der Waals surface area contributed by atoms with Gasteiger partial charge in [0.05, 0.1) is 11.2 Å². The molecule has 0 saturated carbocycles. The minimum Gasteiger partial charge on any atom is -0.399 e. The zero-order chi connectivity index (χ0) is 17.2. The van der Waals surface area contributed by atoms with Crippen molar-refractivity contribution in [1.82, 2.24) is 5.32 Å². The lowest BCUT2D eigenvalue weighted by atomic mass is 9.79. The van der Waals surface area contributed by atoms with Crippen molar-refractivity contribution in [3.63, 3.8) is 0 Å². The topological polar surface area (TPSA) is 76.7 Å². The second-order valence-corrected chi connectivity index (χ2v) is 6.31. The number of aliphatic hydroxyl groups is 1. The van der Waals surface area contributed by atoms with Crippen molar-refractivity contribution in [2.75, 3.05) is 13.1 Å². The van der Waals surface area contributed by atoms with Crippen molar-refractivity contribution in [3.05, 3.63) is 11.7 Å². The van der Waals surface area contributed by atoms with Crippen molar-refractivity contribution >= 4 is 7.12 Å². The highest BCUT2D eigenvalue weighted by atomic mass is 19.4. The Kier molecular flexibility index (Phi) is 5.94. The van der Waals surface area contributed by atoms with Gasteiger partial charge in [-0.15, -0.1) is 0 Å². The maximum Gasteiger partial charge on any atom is 0.493 e. The van der Waals surface area contributed by atoms with Gasteiger partial charge in [0, 0.05) is 13.1 Å². The molecule has 1 rings (SSSR count). The van der Waals surface area contributed by atoms with Crippen molar-refractivity contribution in [1.29, 1.82) is 0 Å². The summed E-state index contributed by atoms with van der Waals surface area (Å²) in [6.45, 7) is 7.69. The van der Waals surface area contributed by atoms with Gasteiger partial charge in [-0.3, -0.25) is 0 Å². The summed E-state index contributed by atoms with van der Waals surface area (Å²) in [4.78, 5) is 0. The second kappa shape index (κ2) is 6.78. The number of rotatable bonds is 6. The van der Waals surface area contributed by atoms with Crippen LogP contribution in [0.5, 0.6) is 0 Å². The van der Waals surface area contributed by atoms with Gasteiger partial charge < -0.3 is 25.5 Å². The number of halogens is 3. The average molecular weight is 324 g/mol. The van der Waals surface area contributed by atoms with Gasteiger partial charge in [-0.1, -0.05) is 0 Å². The maximum absolute atomic E-state index is 12.2. The smallest absolute Gasteiger partial charge is 0.399 e. The standard InChI is InChI=1S/C13H24BF3N2O3/c1-11(2)12(3,4)22-14(21-11)9(7-18)8-19-6-5-10(20)13(15,16)17/h8,10,19-20H,5-7,18H2,1-4H3/b9-8+. The summed E-state index contributed by atoms with van der Waals surface area (Å²) in [6, 6.07) is 0. The van der Waals surface area contributed by atoms with Crippen LogP contribution in [0, 0.1) is 0 Å². The molecule has 0 aliphatic carbocycles. The molecule has 0 aromatic carbocycles. The van der Waals surface area contributed by atoms with Crippen LogP contribution in [0.4, 0.5) is 13.2 Å². The van der Waals surface area contributed by atoms with Gasteiger partial charge >= 0.3 is 13.3 Å². The Bertz CT molecular complexity index is 398. The van der Waals surface area contributed by atoms with Crippen LogP contribution in [0.1, 0.15) is 34.1 Å². The van der Waals surface area contributed by atoms with Crippen LogP contribution < -0.4 is 11.1 Å². The average Bonchev–Trinajstić information content (AvgIpc) is 2.56. The van der Waals surface area contributed by atoms with Crippen LogP contribution in [-0.2, 0) is 9.31 Å². The Hall–Kier alpha value is -0.765. The number of nitrogens with one attached hydrogen (secondary N) is 1. The number of hydrogen-bond acceptors (Lipinski definition) is 5. The summed E-state index contributed by atoms with van der Waals surface area (Å²) in [6.07, 6.45) is -5.90. The Morgan fingerprint density at radius 1 is 1.27 bits per heavy atom. The maximum atomic E-state index is 12.2. The summed E-state index contributed by atoms with van der Waals surface area (Å²) in [5, 5.41) is 11.6. The highest BCUT2D eigenvalue weighted by Crippen LogP contribution is 2.38. The molecule has 1 atom stereocenters. The molecular formula is C13H24BF3N2O3. The number of aliphatic hydroxyl groups excluding tert-OH is 1. The van der Waals surface area contributed by atoms with Crippen molar-refractivity contribution in [3.8, 4) is 0 Å². The zero-order valence-corrected chi connectivity index (χ0v) is 13.3. The van der Waals surface area contributed by atoms with E-state index in [1.807, 2.05) is 27.7 Å². The van der Waals surface area contributed by atoms with Gasteiger partial charge in [0.15, 0.2) is 6.10 Å². The van der Waals surface area contributed by atoms with E-state index in [1.54, 1.807) is 0 Å². The minimum absolute atomic E-state index is 0.0380. The van der Waals surface area contributed by atoms with E-state index in [2.05, 4.69) is 5.32 Å². The molecule has 0 radical (unpaired) electrons. The molecule has 1 fully saturated rings. The van der Waals surface area contributed by atoms with E-state index in [0.717, 1.165) is 0 Å². The SMILES string of the molecule is CC1(C)OB(/C(=C/NCCC(O)C(F)(F)F)CN)OC1(C)C. The van der Waals surface area contributed by atoms with E-state index in [9.17, 15) is 13.2 Å². The Morgan fingerprint density at radius 2 is 1.77 bits per heavy atom. The lowest BCUT2D eigenvalue weighted by Gasteiger charge is -2.32. The fraction of sp³-hybridized carbons (Fsp3) is 0.846. The molecule has 0 aromatic heterocycles. The number of nitrogens with two attached hydrogens (primary N) is 1. The quantitative estimate of drug-likeness (QED) is 0.508. The van der Waals surface area contributed by atoms with E-state index in [-0.39, 0.29) is 13.1 Å². The molecule has 1 saturated heterocycles. The van der Waals surface area contributed by atoms with Crippen molar-refractivity contribution < 1.29 is 27.6 Å². The number of alkyl halides is 3. The summed E-state index contributed by atoms with van der Waals surface area (Å²) in [5.41, 5.74) is 5.21. The minimum atomic E-state index is -4.60. The van der Waals surface area contributed by atoms with Gasteiger partial charge in [-0.25, -0.2) is 0 Å². The third kappa shape index (κ3) is 4.61. The first-order valence-electron chi connectivity index (χ1n) is 7.13. The molecule has 128 valence electrons. The largest absolute Gasteiger partial charge is 0.493 e. The Morgan fingerprint density at radius 3 is 2.18 bits per heavy atom. The van der Waals surface area contributed by atoms with Gasteiger partial charge in [-0.2, -0.15) is 13.2 Å². The third-order valence-corrected chi connectivity index (χ3v) is 4.02. The molecule has 0 bridgehead atoms. The van der Waals surface area contributed by atoms with Crippen LogP contribution >= 0.6 is 0 Å². The molecule has 1 unspecified atom stereocenters. The first kappa shape index (κ1) is 19.3. The van der Waals surface area contributed by atoms with Gasteiger partial charge in [0.25, 0.3) is 0 Å². The van der Waals surface area contributed by atoms with Gasteiger partial charge in [-0.05, 0) is 45.8 Å². The lowest BCUT2D eigenvalue weighted by Crippen LogP contribution is -2.41. The fourth-order valence-corrected chi connectivity index (χ4v) is 1.80. The third-order valence-electron chi connectivity index (χ3n) is 4.02. The van der Waals surface area contributed by atoms with Gasteiger partial charge in [0.1, 0.15) is 0 Å². The van der Waals surface area contributed by atoms with Crippen LogP contribution in [-0.4, -0.2) is 48.8 Å². The number of hydrogen-bond donors (Lipinski definition) is 3. The molecular weight excluding hydrogens is 300 g/mol. The Labute approximate surface area is 129 Å². The molecule has 4 N–H and O–H groups in total. The summed E-state index contributed by atoms with van der Waals surface area (Å²) in [5.74, 6) is 0. The Balaban J connectivity index is 2.55. The predicted octanol–water partition coefficient (Wildman–Crippen LogP) is 1.36. The first-order valence-corrected chi connectivity index (χ1v) is 7.13. The summed E-state index contributed by atoms with van der Waals surface area (Å²) < 4.78 is 48.1. The molecule has 22 heavy (non-hydrogen) atoms. The van der Waals surface area contributed by atoms with Crippen LogP contribution in [0.15, 0.2) is 11.7 Å². The van der Waals surface area contributed by atoms with E-state index >= 15 is 0 Å². The van der Waals surface area contributed by atoms with Crippen molar-refractivity contribution in [2.24, 2.45) is 5.73 Å². The molecule has 0 spiro atoms. The van der Waals surface area contributed by atoms with E-state index < -0.39 is 37.0 Å². The zero-order valence-electron chi connectivity index (χ0n) is 13.3. The van der Waals surface area contributed by atoms with Gasteiger partial charge in [0.2, 0.25) is 0 Å². The lowest BCUT2D eigenvalue weighted by molar-refractivity contribution is -0.204. The second-order valence-electron chi connectivity index (χ2n) is 6.31. The van der Waals surface area contributed by atoms with Crippen molar-refractivity contribution in [2.45, 2.75) is 57.6 Å². The monoisotopic (exact) mass is 324 g/mol. The molecule has 0 aromatic rings. The normalized spacial score (nSPS) is 22.8. The summed E-state index contributed by atoms with van der Waals surface area (Å²) >= 11 is 0. The highest BCUT2D eigenvalue weighted by molar-refractivity contribution is 6.54. The molecule has 1 heterocycles. The van der Waals surface area contributed by atoms with E-state index in [1.165, 1.54) is 6.20 Å². The molecule has 1 aliphatic heterocycles. The molecule has 0 amide bonds. The van der Waals surface area contributed by atoms with Crippen LogP contribution in [0.2, 0.25) is 0 Å². The first-order chi connectivity index (χ1) is 9.90. The highest BCUT2D eigenvalue weighted by Gasteiger charge is 2.52.